The van der Waals surface area contributed by atoms with Crippen LogP contribution in [-0.4, -0.2) is 34.0 Å². The van der Waals surface area contributed by atoms with E-state index in [1.54, 1.807) is 36.4 Å². The molecule has 8 nitrogen and oxygen atoms in total. The van der Waals surface area contributed by atoms with Crippen LogP contribution in [-0.2, 0) is 14.8 Å². The highest BCUT2D eigenvalue weighted by atomic mass is 35.5. The predicted molar refractivity (Wildman–Crippen MR) is 122 cm³/mol. The van der Waals surface area contributed by atoms with Gasteiger partial charge < -0.3 is 10.1 Å². The molecule has 0 aliphatic carbocycles. The Labute approximate surface area is 190 Å². The number of benzene rings is 3. The SMILES string of the molecule is COc1ccccc1NC(=O)CN1C(=O)N(c2ccc(Cl)cc2)S(=O)(=O)c2ccccc21. The highest BCUT2D eigenvalue weighted by molar-refractivity contribution is 7.94. The van der Waals surface area contributed by atoms with E-state index in [0.717, 1.165) is 4.90 Å². The fourth-order valence-electron chi connectivity index (χ4n) is 3.37. The Bertz CT molecular complexity index is 1290. The van der Waals surface area contributed by atoms with Crippen molar-refractivity contribution in [3.8, 4) is 5.75 Å². The van der Waals surface area contributed by atoms with Gasteiger partial charge in [-0.1, -0.05) is 35.9 Å². The minimum atomic E-state index is -4.19. The number of carbonyl (C=O) groups is 2. The average molecular weight is 472 g/mol. The van der Waals surface area contributed by atoms with Gasteiger partial charge in [-0.15, -0.1) is 0 Å². The van der Waals surface area contributed by atoms with Crippen LogP contribution in [0, 0.1) is 0 Å². The van der Waals surface area contributed by atoms with Gasteiger partial charge in [0, 0.05) is 5.02 Å². The van der Waals surface area contributed by atoms with Gasteiger partial charge in [0.25, 0.3) is 10.0 Å². The van der Waals surface area contributed by atoms with Crippen molar-refractivity contribution < 1.29 is 22.7 Å². The van der Waals surface area contributed by atoms with Crippen LogP contribution in [0.4, 0.5) is 21.9 Å². The summed E-state index contributed by atoms with van der Waals surface area (Å²) >= 11 is 5.91. The monoisotopic (exact) mass is 471 g/mol. The summed E-state index contributed by atoms with van der Waals surface area (Å²) in [7, 11) is -2.71. The van der Waals surface area contributed by atoms with Crippen molar-refractivity contribution in [3.05, 3.63) is 77.8 Å². The summed E-state index contributed by atoms with van der Waals surface area (Å²) in [5.74, 6) is -0.0652. The first-order valence-electron chi connectivity index (χ1n) is 9.47. The average Bonchev–Trinajstić information content (AvgIpc) is 2.78. The highest BCUT2D eigenvalue weighted by Crippen LogP contribution is 2.37. The van der Waals surface area contributed by atoms with Crippen LogP contribution in [0.25, 0.3) is 0 Å². The van der Waals surface area contributed by atoms with Crippen LogP contribution < -0.4 is 19.3 Å². The number of nitrogens with one attached hydrogen (secondary N) is 1. The van der Waals surface area contributed by atoms with Crippen molar-refractivity contribution in [1.82, 2.24) is 0 Å². The molecule has 3 amide bonds. The quantitative estimate of drug-likeness (QED) is 0.603. The number of hydrogen-bond acceptors (Lipinski definition) is 5. The maximum absolute atomic E-state index is 13.3. The Morgan fingerprint density at radius 1 is 1.00 bits per heavy atom. The van der Waals surface area contributed by atoms with Crippen molar-refractivity contribution in [2.24, 2.45) is 0 Å². The zero-order valence-corrected chi connectivity index (χ0v) is 18.4. The molecule has 0 bridgehead atoms. The minimum Gasteiger partial charge on any atom is -0.495 e. The Kier molecular flexibility index (Phi) is 5.77. The van der Waals surface area contributed by atoms with E-state index in [-0.39, 0.29) is 16.3 Å². The summed E-state index contributed by atoms with van der Waals surface area (Å²) in [6, 6.07) is 17.8. The van der Waals surface area contributed by atoms with Crippen LogP contribution >= 0.6 is 11.6 Å². The molecular formula is C22H18ClN3O5S. The van der Waals surface area contributed by atoms with Gasteiger partial charge in [0.1, 0.15) is 17.2 Å². The number of para-hydroxylation sites is 3. The number of rotatable bonds is 5. The Balaban J connectivity index is 1.72. The molecule has 0 saturated carbocycles. The molecule has 0 aromatic heterocycles. The van der Waals surface area contributed by atoms with Gasteiger partial charge in [0.15, 0.2) is 0 Å². The lowest BCUT2D eigenvalue weighted by atomic mass is 10.2. The zero-order chi connectivity index (χ0) is 22.9. The van der Waals surface area contributed by atoms with E-state index in [4.69, 9.17) is 16.3 Å². The van der Waals surface area contributed by atoms with Gasteiger partial charge in [0.2, 0.25) is 5.91 Å². The lowest BCUT2D eigenvalue weighted by Crippen LogP contribution is -2.53. The third kappa shape index (κ3) is 3.88. The number of fused-ring (bicyclic) bond motifs is 1. The zero-order valence-electron chi connectivity index (χ0n) is 16.9. The maximum Gasteiger partial charge on any atom is 0.343 e. The van der Waals surface area contributed by atoms with Gasteiger partial charge in [-0.05, 0) is 48.5 Å². The fraction of sp³-hybridized carbons (Fsp3) is 0.0909. The van der Waals surface area contributed by atoms with Crippen molar-refractivity contribution in [1.29, 1.82) is 0 Å². The lowest BCUT2D eigenvalue weighted by molar-refractivity contribution is -0.114. The van der Waals surface area contributed by atoms with Crippen molar-refractivity contribution in [2.45, 2.75) is 4.90 Å². The minimum absolute atomic E-state index is 0.0837. The molecule has 1 N–H and O–H groups in total. The molecule has 164 valence electrons. The summed E-state index contributed by atoms with van der Waals surface area (Å²) in [5, 5.41) is 3.09. The number of anilines is 3. The Morgan fingerprint density at radius 3 is 2.38 bits per heavy atom. The lowest BCUT2D eigenvalue weighted by Gasteiger charge is -2.35. The van der Waals surface area contributed by atoms with Crippen LogP contribution in [0.1, 0.15) is 0 Å². The van der Waals surface area contributed by atoms with E-state index in [2.05, 4.69) is 5.32 Å². The van der Waals surface area contributed by atoms with Crippen LogP contribution in [0.5, 0.6) is 5.75 Å². The summed E-state index contributed by atoms with van der Waals surface area (Å²) in [5.41, 5.74) is 0.668. The molecule has 3 aromatic rings. The predicted octanol–water partition coefficient (Wildman–Crippen LogP) is 4.12. The number of methoxy groups -OCH3 is 1. The van der Waals surface area contributed by atoms with Crippen molar-refractivity contribution in [3.63, 3.8) is 0 Å². The van der Waals surface area contributed by atoms with Crippen LogP contribution in [0.15, 0.2) is 77.7 Å². The molecule has 32 heavy (non-hydrogen) atoms. The number of halogens is 1. The fourth-order valence-corrected chi connectivity index (χ4v) is 5.09. The largest absolute Gasteiger partial charge is 0.495 e. The molecule has 1 aliphatic rings. The number of ether oxygens (including phenoxy) is 1. The summed E-state index contributed by atoms with van der Waals surface area (Å²) in [6.07, 6.45) is 0. The molecule has 0 unspecified atom stereocenters. The molecule has 1 aliphatic heterocycles. The first-order valence-corrected chi connectivity index (χ1v) is 11.3. The molecule has 0 spiro atoms. The molecule has 3 aromatic carbocycles. The molecule has 0 atom stereocenters. The third-order valence-electron chi connectivity index (χ3n) is 4.82. The molecule has 1 heterocycles. The molecule has 0 radical (unpaired) electrons. The third-order valence-corrected chi connectivity index (χ3v) is 6.82. The second-order valence-electron chi connectivity index (χ2n) is 6.83. The number of nitrogens with zero attached hydrogens (tertiary/aromatic N) is 2. The first-order chi connectivity index (χ1) is 15.3. The molecular weight excluding hydrogens is 454 g/mol. The topological polar surface area (TPSA) is 96.0 Å². The van der Waals surface area contributed by atoms with Gasteiger partial charge in [-0.3, -0.25) is 9.69 Å². The Morgan fingerprint density at radius 2 is 1.66 bits per heavy atom. The number of hydrogen-bond donors (Lipinski definition) is 1. The molecule has 10 heteroatoms. The first kappa shape index (κ1) is 21.7. The molecule has 0 fully saturated rings. The number of amides is 3. The number of sulfonamides is 1. The van der Waals surface area contributed by atoms with E-state index >= 15 is 0 Å². The second kappa shape index (κ2) is 8.52. The number of carbonyl (C=O) groups excluding carboxylic acids is 2. The van der Waals surface area contributed by atoms with Crippen molar-refractivity contribution in [2.75, 3.05) is 28.2 Å². The van der Waals surface area contributed by atoms with Crippen LogP contribution in [0.3, 0.4) is 0 Å². The van der Waals surface area contributed by atoms with Gasteiger partial charge >= 0.3 is 6.03 Å². The molecule has 0 saturated heterocycles. The van der Waals surface area contributed by atoms with E-state index in [1.807, 2.05) is 0 Å². The van der Waals surface area contributed by atoms with Crippen LogP contribution in [0.2, 0.25) is 5.02 Å². The number of urea groups is 1. The van der Waals surface area contributed by atoms with Gasteiger partial charge in [-0.2, -0.15) is 4.31 Å². The van der Waals surface area contributed by atoms with Gasteiger partial charge in [-0.25, -0.2) is 13.2 Å². The second-order valence-corrected chi connectivity index (χ2v) is 9.02. The summed E-state index contributed by atoms with van der Waals surface area (Å²) in [6.45, 7) is -0.409. The van der Waals surface area contributed by atoms with E-state index in [1.165, 1.54) is 43.5 Å². The van der Waals surface area contributed by atoms with E-state index < -0.39 is 28.5 Å². The normalized spacial score (nSPS) is 14.6. The van der Waals surface area contributed by atoms with E-state index in [9.17, 15) is 18.0 Å². The Hall–Kier alpha value is -3.56. The van der Waals surface area contributed by atoms with Crippen molar-refractivity contribution >= 4 is 50.6 Å². The standard InChI is InChI=1S/C22H18ClN3O5S/c1-31-19-8-4-2-6-17(19)24-21(27)14-25-18-7-3-5-9-20(18)32(29,30)26(22(25)28)16-12-10-15(23)11-13-16/h2-13H,14H2,1H3,(H,24,27). The maximum atomic E-state index is 13.3. The smallest absolute Gasteiger partial charge is 0.343 e. The molecule has 4 rings (SSSR count). The summed E-state index contributed by atoms with van der Waals surface area (Å²) in [4.78, 5) is 27.2. The highest BCUT2D eigenvalue weighted by Gasteiger charge is 2.43. The van der Waals surface area contributed by atoms with Gasteiger partial charge in [0.05, 0.1) is 24.2 Å². The van der Waals surface area contributed by atoms with E-state index in [0.29, 0.717) is 20.8 Å². The summed E-state index contributed by atoms with van der Waals surface area (Å²) < 4.78 is 32.4.